The molecule has 0 saturated carbocycles. The number of likely N-dealkylation sites (tertiary alicyclic amines) is 1. The molecule has 0 aromatic rings. The molecular weight excluding hydrogens is 504 g/mol. The Morgan fingerprint density at radius 1 is 1.32 bits per heavy atom. The maximum atomic E-state index is 14.1. The SMILES string of the molecule is C=CCCOC(=O)[C@H]1[C@@H]2OC3(CC2Br)C(C(=O)N(CC=C)C(C)C)N([C@@H](CO)C(C)C)C(=O)[C@H]13. The molecular formula is C25H37BrN2O6. The van der Waals surface area contributed by atoms with Gasteiger partial charge in [-0.2, -0.15) is 0 Å². The molecule has 0 aromatic heterocycles. The van der Waals surface area contributed by atoms with Crippen LogP contribution < -0.4 is 0 Å². The number of rotatable bonds is 11. The summed E-state index contributed by atoms with van der Waals surface area (Å²) in [6.07, 6.45) is 3.66. The lowest BCUT2D eigenvalue weighted by atomic mass is 9.70. The van der Waals surface area contributed by atoms with Crippen LogP contribution in [0.4, 0.5) is 0 Å². The van der Waals surface area contributed by atoms with Crippen LogP contribution in [0, 0.1) is 17.8 Å². The number of carbonyl (C=O) groups is 3. The minimum Gasteiger partial charge on any atom is -0.465 e. The molecule has 34 heavy (non-hydrogen) atoms. The average Bonchev–Trinajstić information content (AvgIpc) is 3.36. The van der Waals surface area contributed by atoms with Gasteiger partial charge in [0.25, 0.3) is 0 Å². The quantitative estimate of drug-likeness (QED) is 0.187. The normalized spacial score (nSPS) is 32.8. The van der Waals surface area contributed by atoms with E-state index in [1.807, 2.05) is 27.7 Å². The van der Waals surface area contributed by atoms with Gasteiger partial charge in [-0.3, -0.25) is 14.4 Å². The summed E-state index contributed by atoms with van der Waals surface area (Å²) in [7, 11) is 0. The van der Waals surface area contributed by atoms with E-state index in [4.69, 9.17) is 9.47 Å². The summed E-state index contributed by atoms with van der Waals surface area (Å²) in [5, 5.41) is 10.2. The molecule has 2 bridgehead atoms. The Morgan fingerprint density at radius 3 is 2.53 bits per heavy atom. The van der Waals surface area contributed by atoms with Crippen LogP contribution in [-0.4, -0.2) is 87.1 Å². The summed E-state index contributed by atoms with van der Waals surface area (Å²) < 4.78 is 11.9. The minimum atomic E-state index is -1.17. The van der Waals surface area contributed by atoms with E-state index < -0.39 is 41.6 Å². The summed E-state index contributed by atoms with van der Waals surface area (Å²) in [6.45, 7) is 15.2. The Balaban J connectivity index is 2.10. The highest BCUT2D eigenvalue weighted by Crippen LogP contribution is 2.61. The van der Waals surface area contributed by atoms with Crippen molar-refractivity contribution in [2.45, 2.75) is 75.2 Å². The number of ether oxygens (including phenoxy) is 2. The smallest absolute Gasteiger partial charge is 0.312 e. The van der Waals surface area contributed by atoms with Crippen LogP contribution in [0.5, 0.6) is 0 Å². The first-order valence-electron chi connectivity index (χ1n) is 12.0. The van der Waals surface area contributed by atoms with Crippen molar-refractivity contribution in [1.82, 2.24) is 9.80 Å². The molecule has 2 amide bonds. The van der Waals surface area contributed by atoms with Crippen LogP contribution in [0.1, 0.15) is 40.5 Å². The molecule has 0 aromatic carbocycles. The van der Waals surface area contributed by atoms with Gasteiger partial charge >= 0.3 is 5.97 Å². The molecule has 190 valence electrons. The maximum Gasteiger partial charge on any atom is 0.312 e. The lowest BCUT2D eigenvalue weighted by Crippen LogP contribution is -2.60. The van der Waals surface area contributed by atoms with Crippen molar-refractivity contribution >= 4 is 33.7 Å². The van der Waals surface area contributed by atoms with E-state index in [0.717, 1.165) is 0 Å². The van der Waals surface area contributed by atoms with Crippen LogP contribution >= 0.6 is 15.9 Å². The third-order valence-corrected chi connectivity index (χ3v) is 8.19. The Morgan fingerprint density at radius 2 is 2.00 bits per heavy atom. The Kier molecular flexibility index (Phi) is 8.30. The molecule has 3 fully saturated rings. The van der Waals surface area contributed by atoms with Crippen LogP contribution in [0.2, 0.25) is 0 Å². The zero-order valence-corrected chi connectivity index (χ0v) is 22.1. The third kappa shape index (κ3) is 4.24. The first-order chi connectivity index (χ1) is 16.1. The fraction of sp³-hybridized carbons (Fsp3) is 0.720. The number of aliphatic hydroxyl groups excluding tert-OH is 1. The molecule has 3 heterocycles. The molecule has 0 radical (unpaired) electrons. The second-order valence-electron chi connectivity index (χ2n) is 10.0. The third-order valence-electron chi connectivity index (χ3n) is 7.35. The van der Waals surface area contributed by atoms with Crippen LogP contribution in [0.15, 0.2) is 25.3 Å². The van der Waals surface area contributed by atoms with Gasteiger partial charge in [0.2, 0.25) is 11.8 Å². The van der Waals surface area contributed by atoms with E-state index >= 15 is 0 Å². The van der Waals surface area contributed by atoms with Gasteiger partial charge in [0, 0.05) is 17.4 Å². The minimum absolute atomic E-state index is 0.110. The summed E-state index contributed by atoms with van der Waals surface area (Å²) in [6, 6.07) is -1.68. The second kappa shape index (κ2) is 10.5. The number of esters is 1. The van der Waals surface area contributed by atoms with Crippen LogP contribution in [0.3, 0.4) is 0 Å². The van der Waals surface area contributed by atoms with E-state index in [1.165, 1.54) is 4.90 Å². The summed E-state index contributed by atoms with van der Waals surface area (Å²) in [5.41, 5.74) is -1.17. The first-order valence-corrected chi connectivity index (χ1v) is 12.9. The average molecular weight is 541 g/mol. The monoisotopic (exact) mass is 540 g/mol. The van der Waals surface area contributed by atoms with E-state index in [2.05, 4.69) is 29.1 Å². The zero-order valence-electron chi connectivity index (χ0n) is 20.5. The van der Waals surface area contributed by atoms with Gasteiger partial charge in [0.1, 0.15) is 11.6 Å². The van der Waals surface area contributed by atoms with E-state index in [1.54, 1.807) is 17.1 Å². The van der Waals surface area contributed by atoms with Gasteiger partial charge in [-0.05, 0) is 32.6 Å². The van der Waals surface area contributed by atoms with Crippen molar-refractivity contribution in [3.63, 3.8) is 0 Å². The number of halogens is 1. The molecule has 3 aliphatic heterocycles. The lowest BCUT2D eigenvalue weighted by molar-refractivity contribution is -0.157. The van der Waals surface area contributed by atoms with Crippen LogP contribution in [0.25, 0.3) is 0 Å². The number of aliphatic hydroxyl groups is 1. The van der Waals surface area contributed by atoms with Crippen molar-refractivity contribution in [2.24, 2.45) is 17.8 Å². The number of carbonyl (C=O) groups excluding carboxylic acids is 3. The van der Waals surface area contributed by atoms with Gasteiger partial charge in [-0.1, -0.05) is 41.9 Å². The van der Waals surface area contributed by atoms with Crippen molar-refractivity contribution in [2.75, 3.05) is 19.8 Å². The molecule has 8 nitrogen and oxygen atoms in total. The molecule has 3 aliphatic rings. The van der Waals surface area contributed by atoms with E-state index in [9.17, 15) is 19.5 Å². The van der Waals surface area contributed by atoms with Crippen molar-refractivity contribution in [3.05, 3.63) is 25.3 Å². The predicted octanol–water partition coefficient (Wildman–Crippen LogP) is 2.29. The number of alkyl halides is 1. The van der Waals surface area contributed by atoms with Gasteiger partial charge in [-0.15, -0.1) is 13.2 Å². The van der Waals surface area contributed by atoms with Crippen molar-refractivity contribution in [1.29, 1.82) is 0 Å². The standard InChI is InChI=1S/C25H37BrN2O6/c1-7-9-11-33-24(32)18-19-22(30)28(17(13-29)14(3)4)21(23(31)27(10-8-2)15(5)6)25(19)12-16(26)20(18)34-25/h7-8,14-21,29H,1-2,9-13H2,3-6H3/t16?,17-,18+,19-,20+,21?,25?/m0/s1. The highest BCUT2D eigenvalue weighted by atomic mass is 79.9. The molecule has 1 N–H and O–H groups in total. The van der Waals surface area contributed by atoms with E-state index in [0.29, 0.717) is 19.4 Å². The highest BCUT2D eigenvalue weighted by molar-refractivity contribution is 9.09. The van der Waals surface area contributed by atoms with Crippen LogP contribution in [-0.2, 0) is 23.9 Å². The van der Waals surface area contributed by atoms with Gasteiger partial charge in [-0.25, -0.2) is 0 Å². The molecule has 9 heteroatoms. The zero-order chi connectivity index (χ0) is 25.4. The highest BCUT2D eigenvalue weighted by Gasteiger charge is 2.77. The first kappa shape index (κ1) is 26.9. The number of hydrogen-bond donors (Lipinski definition) is 1. The number of amides is 2. The van der Waals surface area contributed by atoms with Crippen molar-refractivity contribution < 1.29 is 29.0 Å². The fourth-order valence-electron chi connectivity index (χ4n) is 5.78. The Bertz CT molecular complexity index is 832. The Hall–Kier alpha value is -1.71. The molecule has 7 atom stereocenters. The number of nitrogens with zero attached hydrogens (tertiary/aromatic N) is 2. The van der Waals surface area contributed by atoms with Crippen molar-refractivity contribution in [3.8, 4) is 0 Å². The lowest BCUT2D eigenvalue weighted by Gasteiger charge is -2.41. The topological polar surface area (TPSA) is 96.4 Å². The number of fused-ring (bicyclic) bond motifs is 1. The van der Waals surface area contributed by atoms with E-state index in [-0.39, 0.29) is 41.8 Å². The molecule has 0 aliphatic carbocycles. The Labute approximate surface area is 210 Å². The molecule has 3 rings (SSSR count). The predicted molar refractivity (Wildman–Crippen MR) is 131 cm³/mol. The van der Waals surface area contributed by atoms with Gasteiger partial charge < -0.3 is 24.4 Å². The second-order valence-corrected chi connectivity index (χ2v) is 11.2. The molecule has 3 saturated heterocycles. The molecule has 3 unspecified atom stereocenters. The number of hydrogen-bond acceptors (Lipinski definition) is 6. The fourth-order valence-corrected chi connectivity index (χ4v) is 6.73. The largest absolute Gasteiger partial charge is 0.465 e. The van der Waals surface area contributed by atoms with Gasteiger partial charge in [0.05, 0.1) is 37.2 Å². The molecule has 1 spiro atoms. The summed E-state index contributed by atoms with van der Waals surface area (Å²) in [5.74, 6) is -2.87. The maximum absolute atomic E-state index is 14.1. The summed E-state index contributed by atoms with van der Waals surface area (Å²) >= 11 is 3.64. The summed E-state index contributed by atoms with van der Waals surface area (Å²) in [4.78, 5) is 44.2. The van der Waals surface area contributed by atoms with Gasteiger partial charge in [0.15, 0.2) is 0 Å².